The van der Waals surface area contributed by atoms with Crippen LogP contribution < -0.4 is 0 Å². The van der Waals surface area contributed by atoms with Gasteiger partial charge in [-0.2, -0.15) is 0 Å². The molecule has 4 nitrogen and oxygen atoms in total. The van der Waals surface area contributed by atoms with Gasteiger partial charge in [-0.1, -0.05) is 13.0 Å². The van der Waals surface area contributed by atoms with Gasteiger partial charge in [0.05, 0.1) is 5.56 Å². The van der Waals surface area contributed by atoms with Gasteiger partial charge < -0.3 is 9.64 Å². The maximum atomic E-state index is 12.4. The van der Waals surface area contributed by atoms with Gasteiger partial charge in [0.25, 0.3) is 5.91 Å². The monoisotopic (exact) mass is 329 g/mol. The van der Waals surface area contributed by atoms with Gasteiger partial charge in [0, 0.05) is 12.6 Å². The first kappa shape index (κ1) is 17.0. The van der Waals surface area contributed by atoms with E-state index in [0.29, 0.717) is 11.6 Å². The molecule has 4 heteroatoms. The Hall–Kier alpha value is -1.84. The summed E-state index contributed by atoms with van der Waals surface area (Å²) in [5.74, 6) is -0.449. The molecule has 1 aromatic rings. The fourth-order valence-corrected chi connectivity index (χ4v) is 3.91. The van der Waals surface area contributed by atoms with Crippen molar-refractivity contribution in [3.63, 3.8) is 0 Å². The maximum absolute atomic E-state index is 12.4. The first-order valence-corrected chi connectivity index (χ1v) is 9.27. The molecule has 1 heterocycles. The number of fused-ring (bicyclic) bond motifs is 1. The Morgan fingerprint density at radius 3 is 2.71 bits per heavy atom. The molecule has 0 spiro atoms. The lowest BCUT2D eigenvalue weighted by atomic mass is 9.90. The Kier molecular flexibility index (Phi) is 5.54. The third-order valence-electron chi connectivity index (χ3n) is 5.33. The normalized spacial score (nSPS) is 20.4. The number of benzene rings is 1. The van der Waals surface area contributed by atoms with Gasteiger partial charge in [-0.05, 0) is 74.6 Å². The maximum Gasteiger partial charge on any atom is 0.338 e. The SMILES string of the molecule is CCC1CCCCN1C(=O)COC(=O)c1ccc2c(c1)CCCC2. The highest BCUT2D eigenvalue weighted by Gasteiger charge is 2.26. The second-order valence-corrected chi connectivity index (χ2v) is 6.91. The van der Waals surface area contributed by atoms with E-state index < -0.39 is 0 Å². The zero-order chi connectivity index (χ0) is 16.9. The smallest absolute Gasteiger partial charge is 0.338 e. The largest absolute Gasteiger partial charge is 0.452 e. The molecule has 0 radical (unpaired) electrons. The summed E-state index contributed by atoms with van der Waals surface area (Å²) in [5.41, 5.74) is 3.16. The minimum Gasteiger partial charge on any atom is -0.452 e. The average Bonchev–Trinajstić information content (AvgIpc) is 2.65. The fraction of sp³-hybridized carbons (Fsp3) is 0.600. The predicted molar refractivity (Wildman–Crippen MR) is 93.0 cm³/mol. The van der Waals surface area contributed by atoms with Gasteiger partial charge in [-0.3, -0.25) is 4.79 Å². The van der Waals surface area contributed by atoms with Crippen LogP contribution in [0.25, 0.3) is 0 Å². The number of amides is 1. The van der Waals surface area contributed by atoms with Crippen LogP contribution in [0.2, 0.25) is 0 Å². The number of esters is 1. The van der Waals surface area contributed by atoms with Crippen LogP contribution in [0.3, 0.4) is 0 Å². The standard InChI is InChI=1S/C20H27NO3/c1-2-18-9-5-6-12-21(18)19(22)14-24-20(23)17-11-10-15-7-3-4-8-16(15)13-17/h10-11,13,18H,2-9,12,14H2,1H3. The average molecular weight is 329 g/mol. The second-order valence-electron chi connectivity index (χ2n) is 6.91. The molecule has 0 saturated carbocycles. The number of likely N-dealkylation sites (tertiary alicyclic amines) is 1. The summed E-state index contributed by atoms with van der Waals surface area (Å²) >= 11 is 0. The fourth-order valence-electron chi connectivity index (χ4n) is 3.91. The summed E-state index contributed by atoms with van der Waals surface area (Å²) < 4.78 is 5.30. The van der Waals surface area contributed by atoms with Crippen molar-refractivity contribution in [3.8, 4) is 0 Å². The zero-order valence-corrected chi connectivity index (χ0v) is 14.6. The molecular weight excluding hydrogens is 302 g/mol. The quantitative estimate of drug-likeness (QED) is 0.794. The van der Waals surface area contributed by atoms with Crippen LogP contribution in [-0.2, 0) is 22.4 Å². The molecule has 3 rings (SSSR count). The van der Waals surface area contributed by atoms with E-state index in [-0.39, 0.29) is 18.5 Å². The molecule has 130 valence electrons. The lowest BCUT2D eigenvalue weighted by Gasteiger charge is -2.35. The van der Waals surface area contributed by atoms with Crippen LogP contribution in [0.1, 0.15) is 66.9 Å². The molecule has 24 heavy (non-hydrogen) atoms. The van der Waals surface area contributed by atoms with Crippen LogP contribution in [0.5, 0.6) is 0 Å². The minimum atomic E-state index is -0.387. The van der Waals surface area contributed by atoms with Crippen LogP contribution >= 0.6 is 0 Å². The van der Waals surface area contributed by atoms with Crippen LogP contribution in [0.4, 0.5) is 0 Å². The third kappa shape index (κ3) is 3.80. The molecular formula is C20H27NO3. The van der Waals surface area contributed by atoms with Crippen LogP contribution in [0, 0.1) is 0 Å². The highest BCUT2D eigenvalue weighted by atomic mass is 16.5. The van der Waals surface area contributed by atoms with Gasteiger partial charge in [0.1, 0.15) is 0 Å². The molecule has 0 bridgehead atoms. The summed E-state index contributed by atoms with van der Waals surface area (Å²) in [6.07, 6.45) is 8.76. The number of aryl methyl sites for hydroxylation is 2. The van der Waals surface area contributed by atoms with Gasteiger partial charge in [-0.15, -0.1) is 0 Å². The minimum absolute atomic E-state index is 0.0622. The highest BCUT2D eigenvalue weighted by molar-refractivity contribution is 5.91. The number of carbonyl (C=O) groups is 2. The van der Waals surface area contributed by atoms with Gasteiger partial charge >= 0.3 is 5.97 Å². The number of carbonyl (C=O) groups excluding carboxylic acids is 2. The first-order chi connectivity index (χ1) is 11.7. The highest BCUT2D eigenvalue weighted by Crippen LogP contribution is 2.23. The van der Waals surface area contributed by atoms with Crippen molar-refractivity contribution >= 4 is 11.9 Å². The van der Waals surface area contributed by atoms with E-state index in [1.165, 1.54) is 30.4 Å². The van der Waals surface area contributed by atoms with Crippen molar-refractivity contribution < 1.29 is 14.3 Å². The summed E-state index contributed by atoms with van der Waals surface area (Å²) in [7, 11) is 0. The molecule has 1 saturated heterocycles. The first-order valence-electron chi connectivity index (χ1n) is 9.27. The molecule has 0 aromatic heterocycles. The predicted octanol–water partition coefficient (Wildman–Crippen LogP) is 3.51. The van der Waals surface area contributed by atoms with E-state index in [4.69, 9.17) is 4.74 Å². The summed E-state index contributed by atoms with van der Waals surface area (Å²) in [6.45, 7) is 2.75. The molecule has 1 aliphatic carbocycles. The Bertz CT molecular complexity index is 611. The van der Waals surface area contributed by atoms with Crippen molar-refractivity contribution in [3.05, 3.63) is 34.9 Å². The van der Waals surface area contributed by atoms with Gasteiger partial charge in [0.15, 0.2) is 6.61 Å². The Balaban J connectivity index is 1.58. The van der Waals surface area contributed by atoms with Crippen molar-refractivity contribution in [1.29, 1.82) is 0 Å². The molecule has 1 aliphatic heterocycles. The van der Waals surface area contributed by atoms with Crippen molar-refractivity contribution in [1.82, 2.24) is 4.90 Å². The molecule has 0 N–H and O–H groups in total. The van der Waals surface area contributed by atoms with E-state index in [0.717, 1.165) is 38.6 Å². The van der Waals surface area contributed by atoms with Crippen molar-refractivity contribution in [2.45, 2.75) is 64.3 Å². The summed E-state index contributed by atoms with van der Waals surface area (Å²) in [5, 5.41) is 0. The Morgan fingerprint density at radius 2 is 1.92 bits per heavy atom. The summed E-state index contributed by atoms with van der Waals surface area (Å²) in [4.78, 5) is 26.6. The number of ether oxygens (including phenoxy) is 1. The van der Waals surface area contributed by atoms with E-state index in [1.54, 1.807) is 0 Å². The molecule has 1 aromatic carbocycles. The molecule has 2 aliphatic rings. The number of hydrogen-bond donors (Lipinski definition) is 0. The number of rotatable bonds is 4. The van der Waals surface area contributed by atoms with Crippen molar-refractivity contribution in [2.75, 3.05) is 13.2 Å². The van der Waals surface area contributed by atoms with E-state index >= 15 is 0 Å². The lowest BCUT2D eigenvalue weighted by molar-refractivity contribution is -0.138. The van der Waals surface area contributed by atoms with Gasteiger partial charge in [0.2, 0.25) is 0 Å². The zero-order valence-electron chi connectivity index (χ0n) is 14.6. The van der Waals surface area contributed by atoms with E-state index in [1.807, 2.05) is 23.1 Å². The second kappa shape index (κ2) is 7.82. The number of nitrogens with zero attached hydrogens (tertiary/aromatic N) is 1. The topological polar surface area (TPSA) is 46.6 Å². The molecule has 1 unspecified atom stereocenters. The van der Waals surface area contributed by atoms with Crippen molar-refractivity contribution in [2.24, 2.45) is 0 Å². The number of hydrogen-bond acceptors (Lipinski definition) is 3. The van der Waals surface area contributed by atoms with E-state index in [9.17, 15) is 9.59 Å². The van der Waals surface area contributed by atoms with Gasteiger partial charge in [-0.25, -0.2) is 4.79 Å². The third-order valence-corrected chi connectivity index (χ3v) is 5.33. The molecule has 1 atom stereocenters. The van der Waals surface area contributed by atoms with Crippen LogP contribution in [0.15, 0.2) is 18.2 Å². The Labute approximate surface area is 144 Å². The molecule has 1 fully saturated rings. The van der Waals surface area contributed by atoms with E-state index in [2.05, 4.69) is 6.92 Å². The Morgan fingerprint density at radius 1 is 1.12 bits per heavy atom. The number of piperidine rings is 1. The molecule has 1 amide bonds. The summed E-state index contributed by atoms with van der Waals surface area (Å²) in [6, 6.07) is 6.10. The van der Waals surface area contributed by atoms with Crippen LogP contribution in [-0.4, -0.2) is 36.0 Å². The lowest BCUT2D eigenvalue weighted by Crippen LogP contribution is -2.45.